The Morgan fingerprint density at radius 3 is 2.75 bits per heavy atom. The van der Waals surface area contributed by atoms with Crippen LogP contribution in [0.1, 0.15) is 30.8 Å². The van der Waals surface area contributed by atoms with Crippen LogP contribution in [0, 0.1) is 16.0 Å². The van der Waals surface area contributed by atoms with Gasteiger partial charge in [-0.1, -0.05) is 13.8 Å². The van der Waals surface area contributed by atoms with Crippen molar-refractivity contribution in [2.24, 2.45) is 5.92 Å². The fourth-order valence-corrected chi connectivity index (χ4v) is 1.84. The monoisotopic (exact) mass is 334 g/mol. The standard InChI is InChI=1S/C14H18N6O4/c1-9(2)5-6-15-12-11(20(22)23)13(17-8-16-12)18-19-14(21)10-4-3-7-24-10/h3-4,7-9H,5-6H2,1-2H3,(H,19,21)(H2,15,16,17,18). The van der Waals surface area contributed by atoms with Gasteiger partial charge >= 0.3 is 11.6 Å². The maximum atomic E-state index is 11.8. The van der Waals surface area contributed by atoms with Gasteiger partial charge in [-0.05, 0) is 24.5 Å². The third kappa shape index (κ3) is 4.41. The molecule has 0 saturated carbocycles. The normalized spacial score (nSPS) is 10.5. The molecule has 0 unspecified atom stereocenters. The summed E-state index contributed by atoms with van der Waals surface area (Å²) in [7, 11) is 0. The lowest BCUT2D eigenvalue weighted by molar-refractivity contribution is -0.383. The van der Waals surface area contributed by atoms with Crippen LogP contribution in [-0.4, -0.2) is 27.3 Å². The minimum Gasteiger partial charge on any atom is -0.459 e. The SMILES string of the molecule is CC(C)CCNc1ncnc(NNC(=O)c2ccco2)c1[N+](=O)[O-]. The van der Waals surface area contributed by atoms with E-state index in [9.17, 15) is 14.9 Å². The number of carbonyl (C=O) groups is 1. The van der Waals surface area contributed by atoms with Crippen LogP contribution in [0.2, 0.25) is 0 Å². The third-order valence-corrected chi connectivity index (χ3v) is 3.06. The fourth-order valence-electron chi connectivity index (χ4n) is 1.84. The van der Waals surface area contributed by atoms with Crippen LogP contribution in [0.25, 0.3) is 0 Å². The van der Waals surface area contributed by atoms with Gasteiger partial charge in [0.05, 0.1) is 11.2 Å². The molecular formula is C14H18N6O4. The zero-order chi connectivity index (χ0) is 17.5. The Bertz CT molecular complexity index is 701. The molecule has 2 heterocycles. The molecule has 10 nitrogen and oxygen atoms in total. The Morgan fingerprint density at radius 1 is 1.38 bits per heavy atom. The lowest BCUT2D eigenvalue weighted by Gasteiger charge is -2.11. The van der Waals surface area contributed by atoms with E-state index in [1.54, 1.807) is 6.07 Å². The molecule has 0 bridgehead atoms. The van der Waals surface area contributed by atoms with Gasteiger partial charge in [-0.25, -0.2) is 9.97 Å². The van der Waals surface area contributed by atoms with Crippen LogP contribution < -0.4 is 16.2 Å². The number of furan rings is 1. The van der Waals surface area contributed by atoms with Gasteiger partial charge in [0.2, 0.25) is 11.6 Å². The maximum Gasteiger partial charge on any atom is 0.354 e. The molecule has 0 radical (unpaired) electrons. The van der Waals surface area contributed by atoms with Crippen molar-refractivity contribution in [3.05, 3.63) is 40.6 Å². The second kappa shape index (κ2) is 7.90. The molecule has 2 aromatic rings. The van der Waals surface area contributed by atoms with Gasteiger partial charge in [0.1, 0.15) is 6.33 Å². The molecule has 10 heteroatoms. The second-order valence-corrected chi connectivity index (χ2v) is 5.34. The molecule has 0 atom stereocenters. The van der Waals surface area contributed by atoms with Gasteiger partial charge in [-0.15, -0.1) is 0 Å². The Labute approximate surface area is 137 Å². The smallest absolute Gasteiger partial charge is 0.354 e. The summed E-state index contributed by atoms with van der Waals surface area (Å²) >= 11 is 0. The van der Waals surface area contributed by atoms with Gasteiger partial charge in [0.15, 0.2) is 5.76 Å². The molecule has 0 spiro atoms. The van der Waals surface area contributed by atoms with E-state index in [2.05, 4.69) is 26.1 Å². The van der Waals surface area contributed by atoms with Crippen LogP contribution in [0.4, 0.5) is 17.3 Å². The van der Waals surface area contributed by atoms with Crippen LogP contribution in [0.5, 0.6) is 0 Å². The Morgan fingerprint density at radius 2 is 2.12 bits per heavy atom. The lowest BCUT2D eigenvalue weighted by Crippen LogP contribution is -2.30. The first-order valence-electron chi connectivity index (χ1n) is 7.32. The van der Waals surface area contributed by atoms with Crippen molar-refractivity contribution < 1.29 is 14.1 Å². The van der Waals surface area contributed by atoms with Gasteiger partial charge in [-0.3, -0.25) is 25.8 Å². The number of hydrogen-bond acceptors (Lipinski definition) is 8. The fraction of sp³-hybridized carbons (Fsp3) is 0.357. The van der Waals surface area contributed by atoms with Crippen LogP contribution >= 0.6 is 0 Å². The number of carbonyl (C=O) groups excluding carboxylic acids is 1. The molecule has 0 aliphatic carbocycles. The highest BCUT2D eigenvalue weighted by Crippen LogP contribution is 2.28. The summed E-state index contributed by atoms with van der Waals surface area (Å²) in [5, 5.41) is 14.2. The van der Waals surface area contributed by atoms with Crippen molar-refractivity contribution in [2.75, 3.05) is 17.3 Å². The average molecular weight is 334 g/mol. The van der Waals surface area contributed by atoms with Gasteiger partial charge < -0.3 is 9.73 Å². The summed E-state index contributed by atoms with van der Waals surface area (Å²) in [6, 6.07) is 3.02. The topological polar surface area (TPSA) is 135 Å². The molecule has 0 aliphatic rings. The van der Waals surface area contributed by atoms with Crippen molar-refractivity contribution in [1.29, 1.82) is 0 Å². The van der Waals surface area contributed by atoms with E-state index in [1.165, 1.54) is 18.7 Å². The number of hydrazine groups is 1. The highest BCUT2D eigenvalue weighted by Gasteiger charge is 2.23. The van der Waals surface area contributed by atoms with E-state index in [4.69, 9.17) is 4.42 Å². The summed E-state index contributed by atoms with van der Waals surface area (Å²) in [5.74, 6) is -0.104. The maximum absolute atomic E-state index is 11.8. The van der Waals surface area contributed by atoms with E-state index in [0.717, 1.165) is 6.42 Å². The van der Waals surface area contributed by atoms with E-state index in [-0.39, 0.29) is 23.1 Å². The Balaban J connectivity index is 2.11. The van der Waals surface area contributed by atoms with Crippen LogP contribution in [0.3, 0.4) is 0 Å². The average Bonchev–Trinajstić information content (AvgIpc) is 3.06. The zero-order valence-corrected chi connectivity index (χ0v) is 13.3. The predicted molar refractivity (Wildman–Crippen MR) is 86.4 cm³/mol. The Hall–Kier alpha value is -3.17. The number of rotatable bonds is 8. The molecule has 0 saturated heterocycles. The van der Waals surface area contributed by atoms with E-state index >= 15 is 0 Å². The highest BCUT2D eigenvalue weighted by atomic mass is 16.6. The largest absolute Gasteiger partial charge is 0.459 e. The minimum absolute atomic E-state index is 0.0643. The predicted octanol–water partition coefficient (Wildman–Crippen LogP) is 2.19. The quantitative estimate of drug-likeness (QED) is 0.494. The molecule has 0 aromatic carbocycles. The van der Waals surface area contributed by atoms with Crippen molar-refractivity contribution in [2.45, 2.75) is 20.3 Å². The molecule has 128 valence electrons. The Kier molecular flexibility index (Phi) is 5.66. The third-order valence-electron chi connectivity index (χ3n) is 3.06. The first-order chi connectivity index (χ1) is 11.5. The summed E-state index contributed by atoms with van der Waals surface area (Å²) in [5.41, 5.74) is 4.38. The molecule has 2 aromatic heterocycles. The van der Waals surface area contributed by atoms with E-state index < -0.39 is 10.8 Å². The van der Waals surface area contributed by atoms with Crippen molar-refractivity contribution in [1.82, 2.24) is 15.4 Å². The number of nitrogens with one attached hydrogen (secondary N) is 3. The second-order valence-electron chi connectivity index (χ2n) is 5.34. The summed E-state index contributed by atoms with van der Waals surface area (Å²) in [6.45, 7) is 4.63. The van der Waals surface area contributed by atoms with Gasteiger partial charge in [0, 0.05) is 6.54 Å². The summed E-state index contributed by atoms with van der Waals surface area (Å²) < 4.78 is 4.93. The van der Waals surface area contributed by atoms with Crippen molar-refractivity contribution in [3.63, 3.8) is 0 Å². The van der Waals surface area contributed by atoms with Crippen LogP contribution in [0.15, 0.2) is 29.1 Å². The number of amides is 1. The molecule has 0 aliphatic heterocycles. The first kappa shape index (κ1) is 17.2. The molecule has 2 rings (SSSR count). The molecular weight excluding hydrogens is 316 g/mol. The number of anilines is 2. The number of nitro groups is 1. The number of hydrogen-bond donors (Lipinski definition) is 3. The summed E-state index contributed by atoms with van der Waals surface area (Å²) in [4.78, 5) is 30.2. The summed E-state index contributed by atoms with van der Waals surface area (Å²) in [6.07, 6.45) is 3.35. The highest BCUT2D eigenvalue weighted by molar-refractivity contribution is 5.92. The molecule has 1 amide bonds. The van der Waals surface area contributed by atoms with Gasteiger partial charge in [-0.2, -0.15) is 0 Å². The number of aromatic nitrogens is 2. The number of nitrogens with zero attached hydrogens (tertiary/aromatic N) is 3. The van der Waals surface area contributed by atoms with E-state index in [0.29, 0.717) is 12.5 Å². The van der Waals surface area contributed by atoms with Crippen molar-refractivity contribution >= 4 is 23.2 Å². The molecule has 3 N–H and O–H groups in total. The first-order valence-corrected chi connectivity index (χ1v) is 7.32. The molecule has 24 heavy (non-hydrogen) atoms. The molecule has 0 fully saturated rings. The zero-order valence-electron chi connectivity index (χ0n) is 13.3. The van der Waals surface area contributed by atoms with Crippen molar-refractivity contribution in [3.8, 4) is 0 Å². The van der Waals surface area contributed by atoms with Gasteiger partial charge in [0.25, 0.3) is 0 Å². The van der Waals surface area contributed by atoms with E-state index in [1.807, 2.05) is 13.8 Å². The van der Waals surface area contributed by atoms with Crippen LogP contribution in [-0.2, 0) is 0 Å². The minimum atomic E-state index is -0.612. The lowest BCUT2D eigenvalue weighted by atomic mass is 10.1.